The van der Waals surface area contributed by atoms with Crippen molar-refractivity contribution in [3.8, 4) is 0 Å². The Hall–Kier alpha value is -1.44. The van der Waals surface area contributed by atoms with Crippen molar-refractivity contribution < 1.29 is 13.2 Å². The third-order valence-electron chi connectivity index (χ3n) is 3.33. The number of anilines is 1. The van der Waals surface area contributed by atoms with E-state index in [1.165, 1.54) is 12.1 Å². The fraction of sp³-hybridized carbons (Fsp3) is 0.462. The van der Waals surface area contributed by atoms with E-state index in [0.717, 1.165) is 32.2 Å². The van der Waals surface area contributed by atoms with Crippen LogP contribution in [0.4, 0.5) is 5.69 Å². The predicted molar refractivity (Wildman–Crippen MR) is 76.7 cm³/mol. The number of primary sulfonamides is 1. The Morgan fingerprint density at radius 2 is 2.00 bits per heavy atom. The van der Waals surface area contributed by atoms with Crippen LogP contribution in [-0.4, -0.2) is 26.9 Å². The molecule has 0 bridgehead atoms. The van der Waals surface area contributed by atoms with Crippen LogP contribution < -0.4 is 15.8 Å². The molecule has 1 aliphatic rings. The molecule has 1 saturated heterocycles. The molecule has 1 aliphatic heterocycles. The fourth-order valence-corrected chi connectivity index (χ4v) is 2.98. The van der Waals surface area contributed by atoms with Gasteiger partial charge in [-0.05, 0) is 31.5 Å². The summed E-state index contributed by atoms with van der Waals surface area (Å²) in [5.74, 6) is -0.219. The van der Waals surface area contributed by atoms with Gasteiger partial charge in [-0.15, -0.1) is 0 Å². The molecule has 0 aliphatic carbocycles. The number of carbonyl (C=O) groups excluding carboxylic acids is 1. The van der Waals surface area contributed by atoms with Crippen molar-refractivity contribution in [2.75, 3.05) is 11.9 Å². The summed E-state index contributed by atoms with van der Waals surface area (Å²) in [7, 11) is -3.85. The van der Waals surface area contributed by atoms with E-state index >= 15 is 0 Å². The van der Waals surface area contributed by atoms with Gasteiger partial charge in [-0.2, -0.15) is 0 Å². The number of nitrogens with one attached hydrogen (secondary N) is 2. The number of amides is 1. The molecule has 1 fully saturated rings. The van der Waals surface area contributed by atoms with Crippen molar-refractivity contribution in [2.45, 2.75) is 36.6 Å². The minimum Gasteiger partial charge on any atom is -0.324 e. The van der Waals surface area contributed by atoms with Crippen LogP contribution >= 0.6 is 0 Å². The van der Waals surface area contributed by atoms with Gasteiger partial charge in [-0.25, -0.2) is 13.6 Å². The predicted octanol–water partition coefficient (Wildman–Crippen LogP) is 0.805. The lowest BCUT2D eigenvalue weighted by Gasteiger charge is -2.16. The quantitative estimate of drug-likeness (QED) is 0.768. The second-order valence-corrected chi connectivity index (χ2v) is 6.42. The molecule has 4 N–H and O–H groups in total. The number of hydrogen-bond acceptors (Lipinski definition) is 4. The molecule has 7 heteroatoms. The summed E-state index contributed by atoms with van der Waals surface area (Å²) in [5.41, 5.74) is 0.228. The van der Waals surface area contributed by atoms with Gasteiger partial charge in [0.2, 0.25) is 15.9 Å². The SMILES string of the molecule is NS(=O)(=O)c1ccccc1NC(=O)C1CCCCCN1. The van der Waals surface area contributed by atoms with Crippen LogP contribution in [0.5, 0.6) is 0 Å². The van der Waals surface area contributed by atoms with E-state index in [1.54, 1.807) is 12.1 Å². The summed E-state index contributed by atoms with van der Waals surface area (Å²) in [5, 5.41) is 11.0. The van der Waals surface area contributed by atoms with Gasteiger partial charge in [-0.3, -0.25) is 4.79 Å². The molecule has 0 spiro atoms. The highest BCUT2D eigenvalue weighted by Gasteiger charge is 2.22. The van der Waals surface area contributed by atoms with E-state index in [0.29, 0.717) is 0 Å². The van der Waals surface area contributed by atoms with Crippen molar-refractivity contribution >= 4 is 21.6 Å². The summed E-state index contributed by atoms with van der Waals surface area (Å²) in [4.78, 5) is 12.1. The summed E-state index contributed by atoms with van der Waals surface area (Å²) < 4.78 is 23.0. The molecule has 1 aromatic rings. The maximum absolute atomic E-state index is 12.2. The van der Waals surface area contributed by atoms with E-state index in [9.17, 15) is 13.2 Å². The van der Waals surface area contributed by atoms with Crippen molar-refractivity contribution in [3.05, 3.63) is 24.3 Å². The van der Waals surface area contributed by atoms with Crippen LogP contribution in [0.3, 0.4) is 0 Å². The fourth-order valence-electron chi connectivity index (χ4n) is 2.29. The Kier molecular flexibility index (Phi) is 4.74. The molecule has 0 saturated carbocycles. The van der Waals surface area contributed by atoms with Crippen LogP contribution in [0.2, 0.25) is 0 Å². The lowest BCUT2D eigenvalue weighted by atomic mass is 10.1. The first-order chi connectivity index (χ1) is 9.48. The number of rotatable bonds is 3. The van der Waals surface area contributed by atoms with Crippen LogP contribution in [0.15, 0.2) is 29.2 Å². The molecular formula is C13H19N3O3S. The molecule has 1 unspecified atom stereocenters. The van der Waals surface area contributed by atoms with Gasteiger partial charge in [0.05, 0.1) is 11.7 Å². The zero-order valence-corrected chi connectivity index (χ0v) is 11.9. The van der Waals surface area contributed by atoms with Crippen LogP contribution in [0.25, 0.3) is 0 Å². The van der Waals surface area contributed by atoms with Crippen LogP contribution in [0, 0.1) is 0 Å². The average Bonchev–Trinajstić information content (AvgIpc) is 2.67. The largest absolute Gasteiger partial charge is 0.324 e. The number of sulfonamides is 1. The lowest BCUT2D eigenvalue weighted by molar-refractivity contribution is -0.118. The number of carbonyl (C=O) groups is 1. The minimum absolute atomic E-state index is 0.0676. The number of hydrogen-bond donors (Lipinski definition) is 3. The highest BCUT2D eigenvalue weighted by Crippen LogP contribution is 2.20. The lowest BCUT2D eigenvalue weighted by Crippen LogP contribution is -2.40. The molecule has 1 heterocycles. The topological polar surface area (TPSA) is 101 Å². The Labute approximate surface area is 118 Å². The summed E-state index contributed by atoms with van der Waals surface area (Å²) in [6.07, 6.45) is 3.90. The third-order valence-corrected chi connectivity index (χ3v) is 4.30. The maximum atomic E-state index is 12.2. The van der Waals surface area contributed by atoms with Crippen molar-refractivity contribution in [1.82, 2.24) is 5.32 Å². The highest BCUT2D eigenvalue weighted by atomic mass is 32.2. The van der Waals surface area contributed by atoms with Gasteiger partial charge in [0, 0.05) is 0 Å². The third kappa shape index (κ3) is 3.78. The van der Waals surface area contributed by atoms with E-state index < -0.39 is 10.0 Å². The molecule has 0 radical (unpaired) electrons. The molecule has 0 aromatic heterocycles. The summed E-state index contributed by atoms with van der Waals surface area (Å²) in [6.45, 7) is 0.801. The van der Waals surface area contributed by atoms with E-state index in [1.807, 2.05) is 0 Å². The molecule has 6 nitrogen and oxygen atoms in total. The average molecular weight is 297 g/mol. The first kappa shape index (κ1) is 15.0. The second-order valence-electron chi connectivity index (χ2n) is 4.89. The van der Waals surface area contributed by atoms with Crippen LogP contribution in [0.1, 0.15) is 25.7 Å². The van der Waals surface area contributed by atoms with E-state index in [-0.39, 0.29) is 22.5 Å². The molecule has 1 aromatic carbocycles. The Bertz CT molecular complexity index is 578. The normalized spacial score (nSPS) is 20.1. The Morgan fingerprint density at radius 3 is 2.75 bits per heavy atom. The monoisotopic (exact) mass is 297 g/mol. The first-order valence-electron chi connectivity index (χ1n) is 6.64. The van der Waals surface area contributed by atoms with E-state index in [4.69, 9.17) is 5.14 Å². The van der Waals surface area contributed by atoms with Crippen molar-refractivity contribution in [2.24, 2.45) is 5.14 Å². The van der Waals surface area contributed by atoms with Gasteiger partial charge >= 0.3 is 0 Å². The highest BCUT2D eigenvalue weighted by molar-refractivity contribution is 7.89. The molecule has 20 heavy (non-hydrogen) atoms. The molecule has 110 valence electrons. The summed E-state index contributed by atoms with van der Waals surface area (Å²) in [6, 6.07) is 5.86. The van der Waals surface area contributed by atoms with Crippen molar-refractivity contribution in [1.29, 1.82) is 0 Å². The first-order valence-corrected chi connectivity index (χ1v) is 8.19. The van der Waals surface area contributed by atoms with Gasteiger partial charge in [-0.1, -0.05) is 25.0 Å². The van der Waals surface area contributed by atoms with Crippen molar-refractivity contribution in [3.63, 3.8) is 0 Å². The molecule has 1 atom stereocenters. The Balaban J connectivity index is 2.15. The molecule has 2 rings (SSSR count). The molecule has 1 amide bonds. The van der Waals surface area contributed by atoms with Gasteiger partial charge in [0.15, 0.2) is 0 Å². The summed E-state index contributed by atoms with van der Waals surface area (Å²) >= 11 is 0. The van der Waals surface area contributed by atoms with Gasteiger partial charge < -0.3 is 10.6 Å². The Morgan fingerprint density at radius 1 is 1.25 bits per heavy atom. The minimum atomic E-state index is -3.85. The van der Waals surface area contributed by atoms with Gasteiger partial charge in [0.1, 0.15) is 4.90 Å². The maximum Gasteiger partial charge on any atom is 0.241 e. The smallest absolute Gasteiger partial charge is 0.241 e. The zero-order valence-electron chi connectivity index (χ0n) is 11.1. The number of benzene rings is 1. The number of para-hydroxylation sites is 1. The standard InChI is InChI=1S/C13H19N3O3S/c14-20(18,19)12-8-4-3-6-10(12)16-13(17)11-7-2-1-5-9-15-11/h3-4,6,8,11,15H,1-2,5,7,9H2,(H,16,17)(H2,14,18,19). The second kappa shape index (κ2) is 6.34. The molecular weight excluding hydrogens is 278 g/mol. The van der Waals surface area contributed by atoms with Crippen LogP contribution in [-0.2, 0) is 14.8 Å². The van der Waals surface area contributed by atoms with E-state index in [2.05, 4.69) is 10.6 Å². The van der Waals surface area contributed by atoms with Gasteiger partial charge in [0.25, 0.3) is 0 Å². The zero-order chi connectivity index (χ0) is 14.6. The number of nitrogens with two attached hydrogens (primary N) is 1.